The lowest BCUT2D eigenvalue weighted by molar-refractivity contribution is 0.677. The Hall–Kier alpha value is -0.970. The van der Waals surface area contributed by atoms with Gasteiger partial charge in [0.2, 0.25) is 0 Å². The van der Waals surface area contributed by atoms with Gasteiger partial charge >= 0.3 is 0 Å². The molecule has 1 aliphatic heterocycles. The molecular weight excluding hydrogens is 244 g/mol. The number of nitrogens with zero attached hydrogens (tertiary/aromatic N) is 2. The van der Waals surface area contributed by atoms with Crippen molar-refractivity contribution >= 4 is 23.4 Å². The van der Waals surface area contributed by atoms with E-state index in [1.165, 1.54) is 25.0 Å². The van der Waals surface area contributed by atoms with Crippen LogP contribution in [0.3, 0.4) is 0 Å². The maximum Gasteiger partial charge on any atom is 0.131 e. The van der Waals surface area contributed by atoms with Gasteiger partial charge in [0, 0.05) is 24.4 Å². The highest BCUT2D eigenvalue weighted by atomic mass is 32.2. The normalized spacial score (nSPS) is 19.5. The van der Waals surface area contributed by atoms with E-state index in [9.17, 15) is 0 Å². The molecule has 4 nitrogen and oxygen atoms in total. The maximum atomic E-state index is 4.26. The smallest absolute Gasteiger partial charge is 0.131 e. The van der Waals surface area contributed by atoms with Crippen LogP contribution in [-0.2, 0) is 0 Å². The molecule has 0 spiro atoms. The molecule has 2 N–H and O–H groups in total. The summed E-state index contributed by atoms with van der Waals surface area (Å²) in [4.78, 5) is 8.46. The lowest BCUT2D eigenvalue weighted by atomic mass is 10.2. The fraction of sp³-hybridized carbons (Fsp3) is 0.692. The minimum absolute atomic E-state index is 0.737. The zero-order valence-electron chi connectivity index (χ0n) is 11.0. The van der Waals surface area contributed by atoms with Crippen LogP contribution >= 0.6 is 11.8 Å². The molecule has 5 heteroatoms. The first-order valence-electron chi connectivity index (χ1n) is 6.80. The SMILES string of the molecule is CCCNc1cc(NCC2CCCCS2)ncn1. The van der Waals surface area contributed by atoms with E-state index in [0.29, 0.717) is 0 Å². The van der Waals surface area contributed by atoms with Crippen LogP contribution in [0.2, 0.25) is 0 Å². The van der Waals surface area contributed by atoms with Crippen molar-refractivity contribution < 1.29 is 0 Å². The Morgan fingerprint density at radius 2 is 2.11 bits per heavy atom. The van der Waals surface area contributed by atoms with E-state index in [0.717, 1.165) is 36.4 Å². The molecule has 100 valence electrons. The number of thioether (sulfide) groups is 1. The minimum atomic E-state index is 0.737. The van der Waals surface area contributed by atoms with Gasteiger partial charge in [-0.3, -0.25) is 0 Å². The Morgan fingerprint density at radius 3 is 2.83 bits per heavy atom. The van der Waals surface area contributed by atoms with Gasteiger partial charge in [0.15, 0.2) is 0 Å². The second-order valence-corrected chi connectivity index (χ2v) is 5.99. The van der Waals surface area contributed by atoms with Gasteiger partial charge in [0.25, 0.3) is 0 Å². The molecule has 1 saturated heterocycles. The van der Waals surface area contributed by atoms with E-state index in [-0.39, 0.29) is 0 Å². The van der Waals surface area contributed by atoms with Crippen molar-refractivity contribution in [3.05, 3.63) is 12.4 Å². The third kappa shape index (κ3) is 4.37. The summed E-state index contributed by atoms with van der Waals surface area (Å²) in [7, 11) is 0. The molecule has 0 amide bonds. The van der Waals surface area contributed by atoms with E-state index in [2.05, 4.69) is 39.3 Å². The van der Waals surface area contributed by atoms with Crippen LogP contribution in [0, 0.1) is 0 Å². The van der Waals surface area contributed by atoms with Gasteiger partial charge < -0.3 is 10.6 Å². The van der Waals surface area contributed by atoms with Crippen molar-refractivity contribution in [1.82, 2.24) is 9.97 Å². The van der Waals surface area contributed by atoms with E-state index in [1.807, 2.05) is 6.07 Å². The standard InChI is InChI=1S/C13H22N4S/c1-2-6-14-12-8-13(17-10-16-12)15-9-11-5-3-4-7-18-11/h8,10-11H,2-7,9H2,1H3,(H2,14,15,16,17). The minimum Gasteiger partial charge on any atom is -0.370 e. The lowest BCUT2D eigenvalue weighted by Gasteiger charge is -2.21. The predicted molar refractivity (Wildman–Crippen MR) is 79.4 cm³/mol. The van der Waals surface area contributed by atoms with Gasteiger partial charge in [0.1, 0.15) is 18.0 Å². The van der Waals surface area contributed by atoms with Crippen molar-refractivity contribution in [3.63, 3.8) is 0 Å². The second kappa shape index (κ2) is 7.46. The summed E-state index contributed by atoms with van der Waals surface area (Å²) in [6.07, 6.45) is 6.79. The van der Waals surface area contributed by atoms with Crippen molar-refractivity contribution in [2.24, 2.45) is 0 Å². The number of anilines is 2. The third-order valence-corrected chi connectivity index (χ3v) is 4.41. The van der Waals surface area contributed by atoms with Crippen LogP contribution in [-0.4, -0.2) is 34.1 Å². The van der Waals surface area contributed by atoms with Gasteiger partial charge in [-0.15, -0.1) is 0 Å². The van der Waals surface area contributed by atoms with Gasteiger partial charge in [-0.1, -0.05) is 13.3 Å². The molecule has 1 unspecified atom stereocenters. The van der Waals surface area contributed by atoms with Crippen LogP contribution < -0.4 is 10.6 Å². The van der Waals surface area contributed by atoms with Gasteiger partial charge in [-0.2, -0.15) is 11.8 Å². The highest BCUT2D eigenvalue weighted by Crippen LogP contribution is 2.25. The summed E-state index contributed by atoms with van der Waals surface area (Å²) in [5, 5.41) is 7.43. The molecule has 2 rings (SSSR count). The first kappa shape index (κ1) is 13.5. The number of hydrogen-bond donors (Lipinski definition) is 2. The molecule has 18 heavy (non-hydrogen) atoms. The van der Waals surface area contributed by atoms with Gasteiger partial charge in [0.05, 0.1) is 0 Å². The maximum absolute atomic E-state index is 4.26. The molecule has 1 atom stereocenters. The third-order valence-electron chi connectivity index (χ3n) is 3.01. The zero-order chi connectivity index (χ0) is 12.6. The van der Waals surface area contributed by atoms with Gasteiger partial charge in [-0.05, 0) is 25.0 Å². The molecule has 1 aromatic rings. The molecule has 1 aliphatic rings. The Kier molecular flexibility index (Phi) is 5.58. The van der Waals surface area contributed by atoms with Crippen LogP contribution in [0.15, 0.2) is 12.4 Å². The van der Waals surface area contributed by atoms with E-state index in [4.69, 9.17) is 0 Å². The van der Waals surface area contributed by atoms with E-state index < -0.39 is 0 Å². The molecular formula is C13H22N4S. The summed E-state index contributed by atoms with van der Waals surface area (Å²) in [5.41, 5.74) is 0. The summed E-state index contributed by atoms with van der Waals surface area (Å²) >= 11 is 2.08. The Balaban J connectivity index is 1.80. The number of rotatable bonds is 6. The number of nitrogens with one attached hydrogen (secondary N) is 2. The summed E-state index contributed by atoms with van der Waals surface area (Å²) in [6, 6.07) is 1.99. The summed E-state index contributed by atoms with van der Waals surface area (Å²) in [5.74, 6) is 3.14. The Morgan fingerprint density at radius 1 is 1.28 bits per heavy atom. The molecule has 1 aromatic heterocycles. The fourth-order valence-electron chi connectivity index (χ4n) is 1.99. The zero-order valence-corrected chi connectivity index (χ0v) is 11.8. The number of aromatic nitrogens is 2. The molecule has 0 bridgehead atoms. The lowest BCUT2D eigenvalue weighted by Crippen LogP contribution is -2.20. The molecule has 2 heterocycles. The molecule has 0 radical (unpaired) electrons. The number of hydrogen-bond acceptors (Lipinski definition) is 5. The summed E-state index contributed by atoms with van der Waals surface area (Å²) in [6.45, 7) is 4.11. The molecule has 1 fully saturated rings. The molecule has 0 saturated carbocycles. The van der Waals surface area contributed by atoms with Crippen molar-refractivity contribution in [3.8, 4) is 0 Å². The van der Waals surface area contributed by atoms with Crippen molar-refractivity contribution in [1.29, 1.82) is 0 Å². The monoisotopic (exact) mass is 266 g/mol. The van der Waals surface area contributed by atoms with E-state index in [1.54, 1.807) is 6.33 Å². The largest absolute Gasteiger partial charge is 0.370 e. The Labute approximate surface area is 113 Å². The topological polar surface area (TPSA) is 49.8 Å². The average Bonchev–Trinajstić information content (AvgIpc) is 2.44. The van der Waals surface area contributed by atoms with Crippen LogP contribution in [0.5, 0.6) is 0 Å². The van der Waals surface area contributed by atoms with Crippen LogP contribution in [0.1, 0.15) is 32.6 Å². The Bertz CT molecular complexity index is 353. The highest BCUT2D eigenvalue weighted by molar-refractivity contribution is 7.99. The predicted octanol–water partition coefficient (Wildman–Crippen LogP) is 3.00. The highest BCUT2D eigenvalue weighted by Gasteiger charge is 2.13. The molecule has 0 aliphatic carbocycles. The first-order chi connectivity index (χ1) is 8.88. The van der Waals surface area contributed by atoms with Gasteiger partial charge in [-0.25, -0.2) is 9.97 Å². The fourth-order valence-corrected chi connectivity index (χ4v) is 3.23. The second-order valence-electron chi connectivity index (χ2n) is 4.58. The quantitative estimate of drug-likeness (QED) is 0.829. The first-order valence-corrected chi connectivity index (χ1v) is 7.84. The van der Waals surface area contributed by atoms with Crippen LogP contribution in [0.25, 0.3) is 0 Å². The van der Waals surface area contributed by atoms with E-state index >= 15 is 0 Å². The van der Waals surface area contributed by atoms with Crippen molar-refractivity contribution in [2.45, 2.75) is 37.9 Å². The molecule has 0 aromatic carbocycles. The average molecular weight is 266 g/mol. The van der Waals surface area contributed by atoms with Crippen molar-refractivity contribution in [2.75, 3.05) is 29.5 Å². The van der Waals surface area contributed by atoms with Crippen LogP contribution in [0.4, 0.5) is 11.6 Å². The summed E-state index contributed by atoms with van der Waals surface area (Å²) < 4.78 is 0.